The SMILES string of the molecule is CN(C)CCCN1C(=O)C(=O)C(=C(O)c2ccc3c(c2)OCCO3)C1c1cccc(Br)c1. The summed E-state index contributed by atoms with van der Waals surface area (Å²) in [6, 6.07) is 11.8. The van der Waals surface area contributed by atoms with Gasteiger partial charge < -0.3 is 24.4 Å². The molecule has 32 heavy (non-hydrogen) atoms. The van der Waals surface area contributed by atoms with Gasteiger partial charge in [-0.3, -0.25) is 9.59 Å². The van der Waals surface area contributed by atoms with Crippen molar-refractivity contribution in [2.75, 3.05) is 40.4 Å². The van der Waals surface area contributed by atoms with Gasteiger partial charge in [0.25, 0.3) is 11.7 Å². The first-order valence-corrected chi connectivity index (χ1v) is 11.2. The van der Waals surface area contributed by atoms with Gasteiger partial charge in [0.1, 0.15) is 19.0 Å². The van der Waals surface area contributed by atoms with E-state index in [9.17, 15) is 14.7 Å². The van der Waals surface area contributed by atoms with Gasteiger partial charge in [-0.05, 0) is 63.0 Å². The smallest absolute Gasteiger partial charge is 0.295 e. The molecule has 1 N–H and O–H groups in total. The number of amides is 1. The van der Waals surface area contributed by atoms with E-state index in [1.54, 1.807) is 23.1 Å². The summed E-state index contributed by atoms with van der Waals surface area (Å²) in [5.74, 6) is -0.430. The Hall–Kier alpha value is -2.84. The zero-order valence-corrected chi connectivity index (χ0v) is 19.6. The number of aliphatic hydroxyl groups excluding tert-OH is 1. The summed E-state index contributed by atoms with van der Waals surface area (Å²) in [5, 5.41) is 11.2. The summed E-state index contributed by atoms with van der Waals surface area (Å²) < 4.78 is 12.0. The van der Waals surface area contributed by atoms with Crippen molar-refractivity contribution in [1.82, 2.24) is 9.80 Å². The minimum absolute atomic E-state index is 0.0784. The minimum atomic E-state index is -0.688. The number of rotatable bonds is 6. The van der Waals surface area contributed by atoms with Gasteiger partial charge in [-0.2, -0.15) is 0 Å². The van der Waals surface area contributed by atoms with Crippen LogP contribution in [-0.4, -0.2) is 67.0 Å². The van der Waals surface area contributed by atoms with Crippen molar-refractivity contribution in [3.05, 3.63) is 63.6 Å². The molecule has 2 aromatic rings. The van der Waals surface area contributed by atoms with E-state index in [-0.39, 0.29) is 11.3 Å². The number of fused-ring (bicyclic) bond motifs is 1. The lowest BCUT2D eigenvalue weighted by molar-refractivity contribution is -0.139. The quantitative estimate of drug-likeness (QED) is 0.370. The molecule has 1 amide bonds. The Labute approximate surface area is 195 Å². The maximum Gasteiger partial charge on any atom is 0.295 e. The number of hydrogen-bond donors (Lipinski definition) is 1. The van der Waals surface area contributed by atoms with Crippen molar-refractivity contribution in [3.63, 3.8) is 0 Å². The summed E-state index contributed by atoms with van der Waals surface area (Å²) >= 11 is 3.47. The first-order chi connectivity index (χ1) is 15.4. The Bertz CT molecular complexity index is 1080. The predicted molar refractivity (Wildman–Crippen MR) is 124 cm³/mol. The second-order valence-electron chi connectivity index (χ2n) is 8.06. The second-order valence-corrected chi connectivity index (χ2v) is 8.98. The van der Waals surface area contributed by atoms with E-state index in [0.29, 0.717) is 43.2 Å². The molecule has 8 heteroatoms. The van der Waals surface area contributed by atoms with Crippen LogP contribution in [0, 0.1) is 0 Å². The molecule has 0 aliphatic carbocycles. The van der Waals surface area contributed by atoms with Crippen LogP contribution < -0.4 is 9.47 Å². The number of halogens is 1. The highest BCUT2D eigenvalue weighted by Crippen LogP contribution is 2.41. The van der Waals surface area contributed by atoms with Crippen molar-refractivity contribution in [2.45, 2.75) is 12.5 Å². The van der Waals surface area contributed by atoms with Crippen LogP contribution in [0.1, 0.15) is 23.6 Å². The highest BCUT2D eigenvalue weighted by molar-refractivity contribution is 9.10. The van der Waals surface area contributed by atoms with Gasteiger partial charge in [0.2, 0.25) is 0 Å². The highest BCUT2D eigenvalue weighted by Gasteiger charge is 2.45. The number of ketones is 1. The molecule has 4 rings (SSSR count). The number of nitrogens with zero attached hydrogens (tertiary/aromatic N) is 2. The molecular formula is C24H25BrN2O5. The zero-order valence-electron chi connectivity index (χ0n) is 18.0. The van der Waals surface area contributed by atoms with Crippen molar-refractivity contribution < 1.29 is 24.2 Å². The molecule has 1 atom stereocenters. The standard InChI is InChI=1S/C24H25BrN2O5/c1-26(2)9-4-10-27-21(15-5-3-6-17(25)13-15)20(23(29)24(27)30)22(28)16-7-8-18-19(14-16)32-12-11-31-18/h3,5-8,13-14,21,28H,4,9-12H2,1-2H3. The third-order valence-corrected chi connectivity index (χ3v) is 6.02. The number of carbonyl (C=O) groups excluding carboxylic acids is 2. The number of carbonyl (C=O) groups is 2. The molecule has 1 fully saturated rings. The summed E-state index contributed by atoms with van der Waals surface area (Å²) in [5.41, 5.74) is 1.23. The minimum Gasteiger partial charge on any atom is -0.507 e. The Morgan fingerprint density at radius 1 is 1.12 bits per heavy atom. The van der Waals surface area contributed by atoms with E-state index in [1.807, 2.05) is 43.3 Å². The molecular weight excluding hydrogens is 476 g/mol. The van der Waals surface area contributed by atoms with Crippen molar-refractivity contribution in [2.24, 2.45) is 0 Å². The van der Waals surface area contributed by atoms with Crippen LogP contribution in [0.15, 0.2) is 52.5 Å². The first kappa shape index (κ1) is 22.4. The molecule has 0 bridgehead atoms. The second kappa shape index (κ2) is 9.34. The molecule has 168 valence electrons. The van der Waals surface area contributed by atoms with Crippen LogP contribution in [0.5, 0.6) is 11.5 Å². The third kappa shape index (κ3) is 4.38. The van der Waals surface area contributed by atoms with Gasteiger partial charge in [-0.1, -0.05) is 28.1 Å². The van der Waals surface area contributed by atoms with E-state index in [1.165, 1.54) is 0 Å². The fraction of sp³-hybridized carbons (Fsp3) is 0.333. The average molecular weight is 501 g/mol. The fourth-order valence-electron chi connectivity index (χ4n) is 4.04. The van der Waals surface area contributed by atoms with Crippen LogP contribution in [-0.2, 0) is 9.59 Å². The number of Topliss-reactive ketones (excluding diaryl/α,β-unsaturated/α-hetero) is 1. The Kier molecular flexibility index (Phi) is 6.53. The van der Waals surface area contributed by atoms with Crippen LogP contribution >= 0.6 is 15.9 Å². The van der Waals surface area contributed by atoms with Crippen molar-refractivity contribution in [1.29, 1.82) is 0 Å². The Morgan fingerprint density at radius 3 is 2.59 bits per heavy atom. The van der Waals surface area contributed by atoms with Crippen molar-refractivity contribution in [3.8, 4) is 11.5 Å². The largest absolute Gasteiger partial charge is 0.507 e. The molecule has 2 aliphatic rings. The maximum absolute atomic E-state index is 13.1. The topological polar surface area (TPSA) is 79.3 Å². The number of benzene rings is 2. The normalized spacial score (nSPS) is 19.6. The molecule has 1 unspecified atom stereocenters. The fourth-order valence-corrected chi connectivity index (χ4v) is 4.45. The first-order valence-electron chi connectivity index (χ1n) is 10.5. The molecule has 2 aromatic carbocycles. The predicted octanol–water partition coefficient (Wildman–Crippen LogP) is 3.59. The number of ether oxygens (including phenoxy) is 2. The number of likely N-dealkylation sites (tertiary alicyclic amines) is 1. The Morgan fingerprint density at radius 2 is 1.88 bits per heavy atom. The molecule has 0 saturated carbocycles. The zero-order chi connectivity index (χ0) is 22.8. The molecule has 0 radical (unpaired) electrons. The van der Waals surface area contributed by atoms with Crippen molar-refractivity contribution >= 4 is 33.4 Å². The molecule has 2 aliphatic heterocycles. The van der Waals surface area contributed by atoms with E-state index in [0.717, 1.165) is 16.6 Å². The maximum atomic E-state index is 13.1. The van der Waals surface area contributed by atoms with Gasteiger partial charge in [-0.25, -0.2) is 0 Å². The number of aliphatic hydroxyl groups is 1. The molecule has 2 heterocycles. The van der Waals surface area contributed by atoms with Crippen LogP contribution in [0.25, 0.3) is 5.76 Å². The molecule has 7 nitrogen and oxygen atoms in total. The highest BCUT2D eigenvalue weighted by atomic mass is 79.9. The lowest BCUT2D eigenvalue weighted by atomic mass is 9.95. The van der Waals surface area contributed by atoms with E-state index >= 15 is 0 Å². The monoisotopic (exact) mass is 500 g/mol. The van der Waals surface area contributed by atoms with Gasteiger partial charge in [0, 0.05) is 16.6 Å². The summed E-state index contributed by atoms with van der Waals surface area (Å²) in [4.78, 5) is 29.7. The van der Waals surface area contributed by atoms with Gasteiger partial charge in [0.15, 0.2) is 11.5 Å². The molecule has 0 spiro atoms. The summed E-state index contributed by atoms with van der Waals surface area (Å²) in [6.45, 7) is 2.04. The van der Waals surface area contributed by atoms with Gasteiger partial charge >= 0.3 is 0 Å². The third-order valence-electron chi connectivity index (χ3n) is 5.52. The van der Waals surface area contributed by atoms with E-state index in [4.69, 9.17) is 9.47 Å². The van der Waals surface area contributed by atoms with Gasteiger partial charge in [0.05, 0.1) is 11.6 Å². The van der Waals surface area contributed by atoms with Crippen LogP contribution in [0.2, 0.25) is 0 Å². The number of hydrogen-bond acceptors (Lipinski definition) is 6. The molecule has 1 saturated heterocycles. The van der Waals surface area contributed by atoms with Gasteiger partial charge in [-0.15, -0.1) is 0 Å². The summed E-state index contributed by atoms with van der Waals surface area (Å²) in [7, 11) is 3.92. The Balaban J connectivity index is 1.79. The van der Waals surface area contributed by atoms with E-state index < -0.39 is 17.7 Å². The molecule has 0 aromatic heterocycles. The van der Waals surface area contributed by atoms with E-state index in [2.05, 4.69) is 15.9 Å². The lowest BCUT2D eigenvalue weighted by Crippen LogP contribution is -2.32. The van der Waals surface area contributed by atoms with Crippen LogP contribution in [0.3, 0.4) is 0 Å². The summed E-state index contributed by atoms with van der Waals surface area (Å²) in [6.07, 6.45) is 0.703. The average Bonchev–Trinajstić information content (AvgIpc) is 3.03. The lowest BCUT2D eigenvalue weighted by Gasteiger charge is -2.26. The van der Waals surface area contributed by atoms with Crippen LogP contribution in [0.4, 0.5) is 0 Å².